The largest absolute Gasteiger partial charge is 0.490 e. The Labute approximate surface area is 195 Å². The third-order valence-corrected chi connectivity index (χ3v) is 6.88. The standard InChI is InChI=1S/C24H32N2O6S/c1-2-3-17-33(29,30)26-22(24(27)28)23(18-7-5-4-6-8-18)32-20-11-9-19(10-12-20)31-21-13-15-25-16-14-21/h4-12,21-23,25-26H,2-3,13-17H2,1H3,(H,27,28). The lowest BCUT2D eigenvalue weighted by molar-refractivity contribution is -0.141. The van der Waals surface area contributed by atoms with E-state index in [1.165, 1.54) is 0 Å². The van der Waals surface area contributed by atoms with Gasteiger partial charge in [-0.1, -0.05) is 43.7 Å². The fourth-order valence-corrected chi connectivity index (χ4v) is 5.05. The smallest absolute Gasteiger partial charge is 0.325 e. The van der Waals surface area contributed by atoms with Crippen LogP contribution < -0.4 is 19.5 Å². The Morgan fingerprint density at radius 1 is 1.09 bits per heavy atom. The predicted molar refractivity (Wildman–Crippen MR) is 126 cm³/mol. The molecule has 2 atom stereocenters. The summed E-state index contributed by atoms with van der Waals surface area (Å²) >= 11 is 0. The second kappa shape index (κ2) is 12.0. The van der Waals surface area contributed by atoms with Crippen LogP contribution in [0.5, 0.6) is 11.5 Å². The van der Waals surface area contributed by atoms with E-state index in [9.17, 15) is 18.3 Å². The molecule has 0 aliphatic carbocycles. The number of carboxylic acid groups (broad SMARTS) is 1. The first-order valence-corrected chi connectivity index (χ1v) is 12.9. The number of piperidine rings is 1. The maximum absolute atomic E-state index is 12.5. The SMILES string of the molecule is CCCCS(=O)(=O)NC(C(=O)O)C(Oc1ccc(OC2CCNCC2)cc1)c1ccccc1. The average molecular weight is 477 g/mol. The number of aliphatic carboxylic acids is 1. The number of hydrogen-bond acceptors (Lipinski definition) is 6. The van der Waals surface area contributed by atoms with E-state index in [1.807, 2.05) is 6.92 Å². The Bertz CT molecular complexity index is 976. The normalized spacial score (nSPS) is 16.6. The summed E-state index contributed by atoms with van der Waals surface area (Å²) in [5.74, 6) is -0.326. The van der Waals surface area contributed by atoms with Gasteiger partial charge in [-0.3, -0.25) is 4.79 Å². The Hall–Kier alpha value is -2.62. The van der Waals surface area contributed by atoms with Crippen LogP contribution in [0.3, 0.4) is 0 Å². The molecule has 9 heteroatoms. The van der Waals surface area contributed by atoms with Gasteiger partial charge in [0, 0.05) is 0 Å². The molecular weight excluding hydrogens is 444 g/mol. The van der Waals surface area contributed by atoms with Crippen molar-refractivity contribution < 1.29 is 27.8 Å². The molecule has 0 bridgehead atoms. The molecule has 3 N–H and O–H groups in total. The molecule has 0 saturated carbocycles. The van der Waals surface area contributed by atoms with E-state index in [0.29, 0.717) is 29.9 Å². The summed E-state index contributed by atoms with van der Waals surface area (Å²) in [5, 5.41) is 13.2. The fraction of sp³-hybridized carbons (Fsp3) is 0.458. The van der Waals surface area contributed by atoms with E-state index < -0.39 is 28.1 Å². The number of ether oxygens (including phenoxy) is 2. The number of unbranched alkanes of at least 4 members (excludes halogenated alkanes) is 1. The minimum Gasteiger partial charge on any atom is -0.490 e. The molecule has 0 spiro atoms. The van der Waals surface area contributed by atoms with Gasteiger partial charge in [0.05, 0.1) is 5.75 Å². The maximum Gasteiger partial charge on any atom is 0.325 e. The highest BCUT2D eigenvalue weighted by Gasteiger charge is 2.35. The summed E-state index contributed by atoms with van der Waals surface area (Å²) < 4.78 is 39.3. The van der Waals surface area contributed by atoms with Crippen molar-refractivity contribution in [1.82, 2.24) is 10.0 Å². The van der Waals surface area contributed by atoms with Gasteiger partial charge in [0.25, 0.3) is 0 Å². The van der Waals surface area contributed by atoms with Gasteiger partial charge >= 0.3 is 5.97 Å². The molecule has 33 heavy (non-hydrogen) atoms. The lowest BCUT2D eigenvalue weighted by Gasteiger charge is -2.27. The summed E-state index contributed by atoms with van der Waals surface area (Å²) in [6.45, 7) is 3.73. The summed E-state index contributed by atoms with van der Waals surface area (Å²) in [6, 6.07) is 14.2. The van der Waals surface area contributed by atoms with Gasteiger partial charge in [-0.05, 0) is 62.2 Å². The van der Waals surface area contributed by atoms with E-state index in [4.69, 9.17) is 9.47 Å². The second-order valence-corrected chi connectivity index (χ2v) is 9.97. The predicted octanol–water partition coefficient (Wildman–Crippen LogP) is 3.11. The van der Waals surface area contributed by atoms with Gasteiger partial charge in [0.1, 0.15) is 17.6 Å². The number of sulfonamides is 1. The first-order valence-electron chi connectivity index (χ1n) is 11.3. The van der Waals surface area contributed by atoms with Crippen molar-refractivity contribution in [3.05, 3.63) is 60.2 Å². The Morgan fingerprint density at radius 3 is 2.33 bits per heavy atom. The number of carboxylic acids is 1. The van der Waals surface area contributed by atoms with Crippen LogP contribution in [0, 0.1) is 0 Å². The highest BCUT2D eigenvalue weighted by molar-refractivity contribution is 7.89. The molecule has 3 rings (SSSR count). The highest BCUT2D eigenvalue weighted by atomic mass is 32.2. The first kappa shape index (κ1) is 25.0. The van der Waals surface area contributed by atoms with Crippen LogP contribution in [0.15, 0.2) is 54.6 Å². The molecule has 2 unspecified atom stereocenters. The molecule has 1 heterocycles. The topological polar surface area (TPSA) is 114 Å². The zero-order valence-corrected chi connectivity index (χ0v) is 19.6. The van der Waals surface area contributed by atoms with E-state index in [-0.39, 0.29) is 11.9 Å². The summed E-state index contributed by atoms with van der Waals surface area (Å²) in [4.78, 5) is 12.1. The van der Waals surface area contributed by atoms with Gasteiger partial charge in [0.15, 0.2) is 12.1 Å². The molecule has 8 nitrogen and oxygen atoms in total. The Kier molecular flexibility index (Phi) is 9.11. The van der Waals surface area contributed by atoms with Crippen molar-refractivity contribution in [3.63, 3.8) is 0 Å². The zero-order valence-electron chi connectivity index (χ0n) is 18.8. The number of benzene rings is 2. The van der Waals surface area contributed by atoms with Crippen LogP contribution in [0.1, 0.15) is 44.3 Å². The molecule has 2 aromatic carbocycles. The van der Waals surface area contributed by atoms with Crippen LogP contribution in [0.2, 0.25) is 0 Å². The van der Waals surface area contributed by atoms with Crippen molar-refractivity contribution in [3.8, 4) is 11.5 Å². The van der Waals surface area contributed by atoms with Gasteiger partial charge in [0.2, 0.25) is 10.0 Å². The Morgan fingerprint density at radius 2 is 1.73 bits per heavy atom. The van der Waals surface area contributed by atoms with Crippen molar-refractivity contribution in [2.75, 3.05) is 18.8 Å². The molecule has 1 saturated heterocycles. The van der Waals surface area contributed by atoms with E-state index in [2.05, 4.69) is 10.0 Å². The van der Waals surface area contributed by atoms with Crippen LogP contribution in [-0.2, 0) is 14.8 Å². The van der Waals surface area contributed by atoms with E-state index >= 15 is 0 Å². The third kappa shape index (κ3) is 7.73. The van der Waals surface area contributed by atoms with Gasteiger partial charge in [-0.25, -0.2) is 8.42 Å². The molecule has 1 aliphatic rings. The lowest BCUT2D eigenvalue weighted by Crippen LogP contribution is -2.47. The lowest BCUT2D eigenvalue weighted by atomic mass is 10.0. The van der Waals surface area contributed by atoms with Crippen LogP contribution >= 0.6 is 0 Å². The van der Waals surface area contributed by atoms with Crippen molar-refractivity contribution in [2.24, 2.45) is 0 Å². The molecule has 0 aromatic heterocycles. The fourth-order valence-electron chi connectivity index (χ4n) is 3.65. The summed E-state index contributed by atoms with van der Waals surface area (Å²) in [7, 11) is -3.79. The highest BCUT2D eigenvalue weighted by Crippen LogP contribution is 2.28. The minimum absolute atomic E-state index is 0.141. The molecule has 1 fully saturated rings. The molecule has 180 valence electrons. The van der Waals surface area contributed by atoms with Gasteiger partial charge in [-0.2, -0.15) is 4.72 Å². The number of carbonyl (C=O) groups is 1. The van der Waals surface area contributed by atoms with Crippen LogP contribution in [0.25, 0.3) is 0 Å². The van der Waals surface area contributed by atoms with Crippen molar-refractivity contribution in [2.45, 2.75) is 50.9 Å². The molecular formula is C24H32N2O6S. The first-order chi connectivity index (χ1) is 15.9. The van der Waals surface area contributed by atoms with Crippen LogP contribution in [0.4, 0.5) is 0 Å². The van der Waals surface area contributed by atoms with Gasteiger partial charge in [-0.15, -0.1) is 0 Å². The third-order valence-electron chi connectivity index (χ3n) is 5.45. The number of nitrogens with one attached hydrogen (secondary N) is 2. The number of rotatable bonds is 12. The van der Waals surface area contributed by atoms with Gasteiger partial charge < -0.3 is 19.9 Å². The van der Waals surface area contributed by atoms with E-state index in [1.54, 1.807) is 54.6 Å². The van der Waals surface area contributed by atoms with E-state index in [0.717, 1.165) is 25.9 Å². The monoisotopic (exact) mass is 476 g/mol. The zero-order chi connectivity index (χ0) is 23.7. The number of hydrogen-bond donors (Lipinski definition) is 3. The Balaban J connectivity index is 1.79. The van der Waals surface area contributed by atoms with Crippen molar-refractivity contribution in [1.29, 1.82) is 0 Å². The second-order valence-electron chi connectivity index (χ2n) is 8.09. The summed E-state index contributed by atoms with van der Waals surface area (Å²) in [5.41, 5.74) is 0.554. The maximum atomic E-state index is 12.5. The van der Waals surface area contributed by atoms with Crippen molar-refractivity contribution >= 4 is 16.0 Å². The van der Waals surface area contributed by atoms with Crippen LogP contribution in [-0.4, -0.2) is 50.5 Å². The molecule has 1 aliphatic heterocycles. The molecule has 2 aromatic rings. The minimum atomic E-state index is -3.79. The average Bonchev–Trinajstić information content (AvgIpc) is 2.82. The quantitative estimate of drug-likeness (QED) is 0.431. The summed E-state index contributed by atoms with van der Waals surface area (Å²) in [6.07, 6.45) is 2.10. The molecule has 0 amide bonds. The molecule has 0 radical (unpaired) electrons.